The molecule has 2 aliphatic heterocycles. The Morgan fingerprint density at radius 2 is 2.09 bits per heavy atom. The Morgan fingerprint density at radius 3 is 2.86 bits per heavy atom. The zero-order chi connectivity index (χ0) is 15.4. The smallest absolute Gasteiger partial charge is 0.193 e. The average molecular weight is 303 g/mol. The largest absolute Gasteiger partial charge is 0.493 e. The number of piperidine rings is 1. The van der Waals surface area contributed by atoms with E-state index in [2.05, 4.69) is 27.3 Å². The fourth-order valence-corrected chi connectivity index (χ4v) is 3.25. The molecule has 0 aromatic heterocycles. The number of guanidine groups is 1. The van der Waals surface area contributed by atoms with Crippen LogP contribution in [-0.4, -0.2) is 55.4 Å². The number of para-hydroxylation sites is 1. The second kappa shape index (κ2) is 7.01. The van der Waals surface area contributed by atoms with E-state index >= 15 is 0 Å². The molecule has 1 unspecified atom stereocenters. The van der Waals surface area contributed by atoms with Crippen molar-refractivity contribution < 1.29 is 9.84 Å². The van der Waals surface area contributed by atoms with E-state index in [4.69, 9.17) is 4.74 Å². The molecule has 1 aromatic rings. The Labute approximate surface area is 132 Å². The van der Waals surface area contributed by atoms with E-state index in [0.717, 1.165) is 57.2 Å². The second-order valence-corrected chi connectivity index (χ2v) is 6.02. The van der Waals surface area contributed by atoms with E-state index in [1.165, 1.54) is 5.56 Å². The lowest BCUT2D eigenvalue weighted by molar-refractivity contribution is 0.108. The van der Waals surface area contributed by atoms with Crippen LogP contribution in [0.4, 0.5) is 0 Å². The van der Waals surface area contributed by atoms with E-state index in [1.54, 1.807) is 0 Å². The highest BCUT2D eigenvalue weighted by Crippen LogP contribution is 2.32. The molecular weight excluding hydrogens is 278 g/mol. The summed E-state index contributed by atoms with van der Waals surface area (Å²) < 4.78 is 5.72. The van der Waals surface area contributed by atoms with Gasteiger partial charge in [-0.05, 0) is 30.9 Å². The van der Waals surface area contributed by atoms with Crippen molar-refractivity contribution >= 4 is 5.96 Å². The summed E-state index contributed by atoms with van der Waals surface area (Å²) in [6.45, 7) is 3.38. The van der Waals surface area contributed by atoms with Gasteiger partial charge in [0.15, 0.2) is 5.96 Å². The fourth-order valence-electron chi connectivity index (χ4n) is 3.25. The van der Waals surface area contributed by atoms with Crippen molar-refractivity contribution in [1.29, 1.82) is 0 Å². The van der Waals surface area contributed by atoms with Gasteiger partial charge in [-0.2, -0.15) is 0 Å². The van der Waals surface area contributed by atoms with Gasteiger partial charge in [-0.25, -0.2) is 0 Å². The minimum absolute atomic E-state index is 0.156. The predicted molar refractivity (Wildman–Crippen MR) is 87.5 cm³/mol. The van der Waals surface area contributed by atoms with Gasteiger partial charge in [0, 0.05) is 32.6 Å². The summed E-state index contributed by atoms with van der Waals surface area (Å²) in [5.74, 6) is 2.41. The van der Waals surface area contributed by atoms with E-state index in [9.17, 15) is 5.11 Å². The first-order chi connectivity index (χ1) is 10.8. The first-order valence-electron chi connectivity index (χ1n) is 8.13. The Hall–Kier alpha value is -1.75. The van der Waals surface area contributed by atoms with Gasteiger partial charge >= 0.3 is 0 Å². The molecule has 0 aliphatic carbocycles. The number of likely N-dealkylation sites (tertiary alicyclic amines) is 1. The number of aliphatic hydroxyl groups is 1. The summed E-state index contributed by atoms with van der Waals surface area (Å²) in [7, 11) is 1.82. The van der Waals surface area contributed by atoms with Gasteiger partial charge in [0.25, 0.3) is 0 Å². The lowest BCUT2D eigenvalue weighted by Crippen LogP contribution is -2.47. The number of aliphatic imine (C=N–C) groups is 1. The van der Waals surface area contributed by atoms with E-state index in [1.807, 2.05) is 19.2 Å². The average Bonchev–Trinajstić information content (AvgIpc) is 2.57. The molecule has 0 saturated carbocycles. The number of hydrogen-bond acceptors (Lipinski definition) is 3. The van der Waals surface area contributed by atoms with Gasteiger partial charge in [-0.1, -0.05) is 18.2 Å². The number of ether oxygens (including phenoxy) is 1. The van der Waals surface area contributed by atoms with Crippen molar-refractivity contribution in [3.05, 3.63) is 29.8 Å². The van der Waals surface area contributed by atoms with Crippen LogP contribution in [0, 0.1) is 0 Å². The molecule has 1 saturated heterocycles. The van der Waals surface area contributed by atoms with Crippen LogP contribution in [0.5, 0.6) is 5.75 Å². The number of aliphatic hydroxyl groups excluding tert-OH is 1. The first-order valence-corrected chi connectivity index (χ1v) is 8.13. The highest BCUT2D eigenvalue weighted by molar-refractivity contribution is 5.80. The maximum Gasteiger partial charge on any atom is 0.193 e. The predicted octanol–water partition coefficient (Wildman–Crippen LogP) is 1.58. The Bertz CT molecular complexity index is 524. The van der Waals surface area contributed by atoms with Gasteiger partial charge in [0.05, 0.1) is 12.7 Å². The topological polar surface area (TPSA) is 57.1 Å². The van der Waals surface area contributed by atoms with Crippen LogP contribution in [0.1, 0.15) is 30.7 Å². The van der Waals surface area contributed by atoms with Crippen LogP contribution >= 0.6 is 0 Å². The van der Waals surface area contributed by atoms with Gasteiger partial charge < -0.3 is 20.1 Å². The van der Waals surface area contributed by atoms with Crippen LogP contribution in [0.3, 0.4) is 0 Å². The molecule has 0 radical (unpaired) electrons. The van der Waals surface area contributed by atoms with E-state index in [-0.39, 0.29) is 6.10 Å². The summed E-state index contributed by atoms with van der Waals surface area (Å²) >= 11 is 0. The second-order valence-electron chi connectivity index (χ2n) is 6.02. The zero-order valence-electron chi connectivity index (χ0n) is 13.2. The van der Waals surface area contributed by atoms with Crippen LogP contribution in [0.2, 0.25) is 0 Å². The Kier molecular flexibility index (Phi) is 4.83. The molecule has 5 heteroatoms. The maximum atomic E-state index is 9.62. The minimum Gasteiger partial charge on any atom is -0.493 e. The zero-order valence-corrected chi connectivity index (χ0v) is 13.2. The third-order valence-corrected chi connectivity index (χ3v) is 4.57. The molecule has 1 atom stereocenters. The maximum absolute atomic E-state index is 9.62. The van der Waals surface area contributed by atoms with Crippen LogP contribution < -0.4 is 10.1 Å². The van der Waals surface area contributed by atoms with Crippen molar-refractivity contribution in [1.82, 2.24) is 10.2 Å². The van der Waals surface area contributed by atoms with Crippen LogP contribution in [0.25, 0.3) is 0 Å². The highest BCUT2D eigenvalue weighted by atomic mass is 16.5. The van der Waals surface area contributed by atoms with Gasteiger partial charge in [-0.15, -0.1) is 0 Å². The van der Waals surface area contributed by atoms with Gasteiger partial charge in [0.2, 0.25) is 0 Å². The first kappa shape index (κ1) is 15.2. The number of nitrogens with one attached hydrogen (secondary N) is 1. The Morgan fingerprint density at radius 1 is 1.32 bits per heavy atom. The molecular formula is C17H25N3O2. The summed E-state index contributed by atoms with van der Waals surface area (Å²) in [6.07, 6.45) is 2.51. The standard InChI is InChI=1S/C17H25N3O2/c1-18-17(20-9-6-14(21)7-10-20)19-12-13-8-11-22-16-5-3-2-4-15(13)16/h2-5,13-14,21H,6-12H2,1H3,(H,18,19). The van der Waals surface area contributed by atoms with Crippen molar-refractivity contribution in [3.8, 4) is 5.75 Å². The molecule has 5 nitrogen and oxygen atoms in total. The lowest BCUT2D eigenvalue weighted by atomic mass is 9.93. The van der Waals surface area contributed by atoms with Crippen molar-refractivity contribution in [3.63, 3.8) is 0 Å². The number of fused-ring (bicyclic) bond motifs is 1. The summed E-state index contributed by atoms with van der Waals surface area (Å²) in [6, 6.07) is 8.29. The molecule has 2 aliphatic rings. The normalized spacial score (nSPS) is 22.9. The molecule has 22 heavy (non-hydrogen) atoms. The molecule has 3 rings (SSSR count). The number of hydrogen-bond donors (Lipinski definition) is 2. The molecule has 0 spiro atoms. The third kappa shape index (κ3) is 3.35. The number of nitrogens with zero attached hydrogens (tertiary/aromatic N) is 2. The molecule has 1 fully saturated rings. The highest BCUT2D eigenvalue weighted by Gasteiger charge is 2.23. The third-order valence-electron chi connectivity index (χ3n) is 4.57. The van der Waals surface area contributed by atoms with Gasteiger partial charge in [0.1, 0.15) is 5.75 Å². The van der Waals surface area contributed by atoms with Gasteiger partial charge in [-0.3, -0.25) is 4.99 Å². The molecule has 2 heterocycles. The van der Waals surface area contributed by atoms with Crippen molar-refractivity contribution in [2.75, 3.05) is 33.3 Å². The molecule has 0 amide bonds. The van der Waals surface area contributed by atoms with Crippen LogP contribution in [0.15, 0.2) is 29.3 Å². The summed E-state index contributed by atoms with van der Waals surface area (Å²) in [5, 5.41) is 13.1. The number of benzene rings is 1. The SMILES string of the molecule is CN=C(NCC1CCOc2ccccc21)N1CCC(O)CC1. The summed E-state index contributed by atoms with van der Waals surface area (Å²) in [4.78, 5) is 6.63. The molecule has 2 N–H and O–H groups in total. The van der Waals surface area contributed by atoms with E-state index in [0.29, 0.717) is 5.92 Å². The quantitative estimate of drug-likeness (QED) is 0.643. The Balaban J connectivity index is 1.60. The monoisotopic (exact) mass is 303 g/mol. The fraction of sp³-hybridized carbons (Fsp3) is 0.588. The molecule has 1 aromatic carbocycles. The minimum atomic E-state index is -0.156. The molecule has 120 valence electrons. The van der Waals surface area contributed by atoms with E-state index < -0.39 is 0 Å². The number of rotatable bonds is 2. The van der Waals surface area contributed by atoms with Crippen molar-refractivity contribution in [2.45, 2.75) is 31.3 Å². The van der Waals surface area contributed by atoms with Crippen molar-refractivity contribution in [2.24, 2.45) is 4.99 Å². The van der Waals surface area contributed by atoms with Crippen LogP contribution in [-0.2, 0) is 0 Å². The summed E-state index contributed by atoms with van der Waals surface area (Å²) in [5.41, 5.74) is 1.28. The molecule has 0 bridgehead atoms. The lowest BCUT2D eigenvalue weighted by Gasteiger charge is -2.33.